The van der Waals surface area contributed by atoms with Crippen LogP contribution in [0.1, 0.15) is 44.3 Å². The fourth-order valence-corrected chi connectivity index (χ4v) is 3.69. The summed E-state index contributed by atoms with van der Waals surface area (Å²) in [6.07, 6.45) is 0.0188. The van der Waals surface area contributed by atoms with Gasteiger partial charge >= 0.3 is 0 Å². The van der Waals surface area contributed by atoms with Crippen LogP contribution >= 0.6 is 0 Å². The first-order chi connectivity index (χ1) is 15.1. The summed E-state index contributed by atoms with van der Waals surface area (Å²) in [7, 11) is 1.60. The molecule has 3 aromatic carbocycles. The number of carbonyl (C=O) groups is 3. The Hall–Kier alpha value is -3.93. The van der Waals surface area contributed by atoms with E-state index in [1.807, 2.05) is 54.6 Å². The number of hydrogen-bond acceptors (Lipinski definition) is 4. The van der Waals surface area contributed by atoms with Crippen molar-refractivity contribution in [3.05, 3.63) is 101 Å². The highest BCUT2D eigenvalue weighted by molar-refractivity contribution is 6.21. The number of nitrogens with zero attached hydrogens (tertiary/aromatic N) is 1. The molecule has 0 saturated heterocycles. The van der Waals surface area contributed by atoms with Gasteiger partial charge in [0.1, 0.15) is 5.75 Å². The summed E-state index contributed by atoms with van der Waals surface area (Å²) in [5.74, 6) is -0.236. The molecular formula is C25H22N2O4. The molecule has 0 fully saturated rings. The Kier molecular flexibility index (Phi) is 5.80. The highest BCUT2D eigenvalue weighted by Crippen LogP contribution is 2.25. The van der Waals surface area contributed by atoms with Crippen LogP contribution in [0.3, 0.4) is 0 Å². The third kappa shape index (κ3) is 4.19. The highest BCUT2D eigenvalue weighted by Gasteiger charge is 2.35. The van der Waals surface area contributed by atoms with E-state index >= 15 is 0 Å². The predicted octanol–water partition coefficient (Wildman–Crippen LogP) is 3.59. The van der Waals surface area contributed by atoms with Gasteiger partial charge in [0.2, 0.25) is 5.91 Å². The fourth-order valence-electron chi connectivity index (χ4n) is 3.69. The Morgan fingerprint density at radius 1 is 0.839 bits per heavy atom. The van der Waals surface area contributed by atoms with Gasteiger partial charge in [-0.25, -0.2) is 0 Å². The van der Waals surface area contributed by atoms with Crippen molar-refractivity contribution in [1.29, 1.82) is 0 Å². The first kappa shape index (κ1) is 20.3. The Morgan fingerprint density at radius 3 is 1.97 bits per heavy atom. The van der Waals surface area contributed by atoms with Gasteiger partial charge < -0.3 is 10.1 Å². The molecular weight excluding hydrogens is 392 g/mol. The summed E-state index contributed by atoms with van der Waals surface area (Å²) in [5, 5.41) is 3.03. The summed E-state index contributed by atoms with van der Waals surface area (Å²) in [6, 6.07) is 23.5. The van der Waals surface area contributed by atoms with Gasteiger partial charge in [-0.05, 0) is 35.4 Å². The number of hydrogen-bond donors (Lipinski definition) is 1. The van der Waals surface area contributed by atoms with Crippen molar-refractivity contribution >= 4 is 17.7 Å². The second-order valence-corrected chi connectivity index (χ2v) is 7.24. The first-order valence-corrected chi connectivity index (χ1v) is 10.0. The lowest BCUT2D eigenvalue weighted by Gasteiger charge is -2.21. The predicted molar refractivity (Wildman–Crippen MR) is 116 cm³/mol. The van der Waals surface area contributed by atoms with Crippen molar-refractivity contribution in [3.63, 3.8) is 0 Å². The van der Waals surface area contributed by atoms with Crippen LogP contribution in [0.15, 0.2) is 78.9 Å². The van der Waals surface area contributed by atoms with Gasteiger partial charge in [-0.1, -0.05) is 54.6 Å². The summed E-state index contributed by atoms with van der Waals surface area (Å²) < 4.78 is 5.22. The third-order valence-corrected chi connectivity index (χ3v) is 5.33. The van der Waals surface area contributed by atoms with E-state index < -0.39 is 0 Å². The lowest BCUT2D eigenvalue weighted by Crippen LogP contribution is -2.36. The zero-order valence-corrected chi connectivity index (χ0v) is 17.1. The summed E-state index contributed by atoms with van der Waals surface area (Å²) in [6.45, 7) is 0.0301. The number of fused-ring (bicyclic) bond motifs is 1. The zero-order chi connectivity index (χ0) is 21.8. The van der Waals surface area contributed by atoms with Crippen molar-refractivity contribution in [2.24, 2.45) is 0 Å². The maximum absolute atomic E-state index is 12.8. The molecule has 0 bridgehead atoms. The van der Waals surface area contributed by atoms with Crippen LogP contribution in [0.4, 0.5) is 0 Å². The van der Waals surface area contributed by atoms with E-state index in [1.165, 1.54) is 0 Å². The lowest BCUT2D eigenvalue weighted by molar-refractivity contribution is -0.121. The van der Waals surface area contributed by atoms with Gasteiger partial charge in [-0.15, -0.1) is 0 Å². The molecule has 0 unspecified atom stereocenters. The van der Waals surface area contributed by atoms with Gasteiger partial charge in [-0.2, -0.15) is 0 Å². The van der Waals surface area contributed by atoms with E-state index in [1.54, 1.807) is 31.4 Å². The molecule has 31 heavy (non-hydrogen) atoms. The Morgan fingerprint density at radius 2 is 1.39 bits per heavy atom. The van der Waals surface area contributed by atoms with E-state index in [0.29, 0.717) is 11.1 Å². The molecule has 6 heteroatoms. The van der Waals surface area contributed by atoms with E-state index in [4.69, 9.17) is 4.74 Å². The molecule has 0 aromatic heterocycles. The number of methoxy groups -OCH3 is 1. The lowest BCUT2D eigenvalue weighted by atomic mass is 9.98. The molecule has 156 valence electrons. The second kappa shape index (κ2) is 8.83. The Balaban J connectivity index is 1.47. The van der Waals surface area contributed by atoms with Crippen molar-refractivity contribution < 1.29 is 19.1 Å². The van der Waals surface area contributed by atoms with Crippen LogP contribution in [0.25, 0.3) is 0 Å². The van der Waals surface area contributed by atoms with E-state index in [-0.39, 0.29) is 36.7 Å². The van der Waals surface area contributed by atoms with Gasteiger partial charge in [-0.3, -0.25) is 19.3 Å². The summed E-state index contributed by atoms with van der Waals surface area (Å²) in [4.78, 5) is 38.9. The summed E-state index contributed by atoms with van der Waals surface area (Å²) >= 11 is 0. The van der Waals surface area contributed by atoms with Gasteiger partial charge in [0.25, 0.3) is 11.8 Å². The van der Waals surface area contributed by atoms with Gasteiger partial charge in [0.05, 0.1) is 24.3 Å². The third-order valence-electron chi connectivity index (χ3n) is 5.33. The van der Waals surface area contributed by atoms with Crippen molar-refractivity contribution in [3.8, 4) is 5.75 Å². The molecule has 0 spiro atoms. The molecule has 3 aromatic rings. The molecule has 1 aliphatic heterocycles. The maximum atomic E-state index is 12.8. The first-order valence-electron chi connectivity index (χ1n) is 10.0. The number of amides is 3. The second-order valence-electron chi connectivity index (χ2n) is 7.24. The molecule has 0 saturated carbocycles. The van der Waals surface area contributed by atoms with Gasteiger partial charge in [0.15, 0.2) is 0 Å². The van der Waals surface area contributed by atoms with Crippen LogP contribution in [0.5, 0.6) is 5.75 Å². The molecule has 1 aliphatic rings. The number of carbonyl (C=O) groups excluding carboxylic acids is 3. The molecule has 0 radical (unpaired) electrons. The fraction of sp³-hybridized carbons (Fsp3) is 0.160. The molecule has 1 N–H and O–H groups in total. The van der Waals surface area contributed by atoms with Gasteiger partial charge in [0, 0.05) is 13.0 Å². The van der Waals surface area contributed by atoms with Crippen molar-refractivity contribution in [2.75, 3.05) is 13.7 Å². The number of nitrogens with one attached hydrogen (secondary N) is 1. The number of rotatable bonds is 7. The highest BCUT2D eigenvalue weighted by atomic mass is 16.5. The number of ether oxygens (including phenoxy) is 1. The minimum Gasteiger partial charge on any atom is -0.497 e. The zero-order valence-electron chi connectivity index (χ0n) is 17.1. The monoisotopic (exact) mass is 414 g/mol. The van der Waals surface area contributed by atoms with Crippen LogP contribution in [-0.4, -0.2) is 36.3 Å². The number of imide groups is 1. The van der Waals surface area contributed by atoms with Crippen LogP contribution in [0, 0.1) is 0 Å². The minimum atomic E-state index is -0.359. The van der Waals surface area contributed by atoms with Crippen molar-refractivity contribution in [2.45, 2.75) is 12.5 Å². The molecule has 6 nitrogen and oxygen atoms in total. The van der Waals surface area contributed by atoms with Crippen LogP contribution < -0.4 is 10.1 Å². The molecule has 0 aliphatic carbocycles. The molecule has 3 amide bonds. The maximum Gasteiger partial charge on any atom is 0.261 e. The largest absolute Gasteiger partial charge is 0.497 e. The van der Waals surface area contributed by atoms with E-state index in [2.05, 4.69) is 5.32 Å². The molecule has 1 heterocycles. The van der Waals surface area contributed by atoms with Crippen LogP contribution in [-0.2, 0) is 4.79 Å². The quantitative estimate of drug-likeness (QED) is 0.600. The van der Waals surface area contributed by atoms with E-state index in [9.17, 15) is 14.4 Å². The van der Waals surface area contributed by atoms with E-state index in [0.717, 1.165) is 21.8 Å². The van der Waals surface area contributed by atoms with Crippen LogP contribution in [0.2, 0.25) is 0 Å². The smallest absolute Gasteiger partial charge is 0.261 e. The minimum absolute atomic E-state index is 0.0188. The standard InChI is InChI=1S/C25H22N2O4/c1-31-19-13-11-18(12-14-19)23(17-7-3-2-4-8-17)26-22(28)15-16-27-24(29)20-9-5-6-10-21(20)25(27)30/h2-14,23H,15-16H2,1H3,(H,26,28)/t23-/m1/s1. The Bertz CT molecular complexity index is 1070. The SMILES string of the molecule is COc1ccc([C@H](NC(=O)CCN2C(=O)c3ccccc3C2=O)c2ccccc2)cc1. The van der Waals surface area contributed by atoms with Crippen molar-refractivity contribution in [1.82, 2.24) is 10.2 Å². The Labute approximate surface area is 180 Å². The normalized spacial score (nSPS) is 13.6. The molecule has 1 atom stereocenters. The molecule has 4 rings (SSSR count). The average molecular weight is 414 g/mol. The average Bonchev–Trinajstić information content (AvgIpc) is 3.06. The topological polar surface area (TPSA) is 75.7 Å². The summed E-state index contributed by atoms with van der Waals surface area (Å²) in [5.41, 5.74) is 2.60. The number of benzene rings is 3.